The molecule has 0 fully saturated rings. The topological polar surface area (TPSA) is 184 Å². The van der Waals surface area contributed by atoms with Crippen LogP contribution >= 0.6 is 0 Å². The van der Waals surface area contributed by atoms with Gasteiger partial charge in [0.25, 0.3) is 0 Å². The van der Waals surface area contributed by atoms with Gasteiger partial charge >= 0.3 is 5.97 Å². The minimum atomic E-state index is -1.76. The Balaban J connectivity index is 0.0000164. The summed E-state index contributed by atoms with van der Waals surface area (Å²) in [5.41, 5.74) is 13.1. The molecule has 0 unspecified atom stereocenters. The van der Waals surface area contributed by atoms with Gasteiger partial charge in [-0.1, -0.05) is 78.7 Å². The number of carbonyl (C=O) groups is 1. The average molecular weight is 1270 g/mol. The monoisotopic (exact) mass is 1270 g/mol. The molecule has 1 aromatic heterocycles. The molecule has 19 heteroatoms. The molecule has 2 aliphatic rings. The van der Waals surface area contributed by atoms with Crippen molar-refractivity contribution in [2.24, 2.45) is 20.0 Å². The molecule has 0 saturated carbocycles. The third-order valence-electron chi connectivity index (χ3n) is 15.0. The fourth-order valence-corrected chi connectivity index (χ4v) is 15.1. The fourth-order valence-electron chi connectivity index (χ4n) is 9.76. The van der Waals surface area contributed by atoms with Crippen LogP contribution in [0.3, 0.4) is 0 Å². The number of aliphatic imine (C=N–C) groups is 4. The number of aliphatic carboxylic acids is 1. The Morgan fingerprint density at radius 1 is 0.608 bits per heavy atom. The van der Waals surface area contributed by atoms with E-state index in [2.05, 4.69) is 86.4 Å². The molecule has 0 aliphatic carbocycles. The maximum Gasteiger partial charge on any atom is 0.329 e. The van der Waals surface area contributed by atoms with Crippen LogP contribution in [0.2, 0.25) is 36.3 Å². The number of hydrogen-bond acceptors (Lipinski definition) is 14. The number of methoxy groups -OCH3 is 1. The van der Waals surface area contributed by atoms with Crippen LogP contribution in [0.5, 0.6) is 11.5 Å². The Kier molecular flexibility index (Phi) is 34.1. The molecule has 16 nitrogen and oxygen atoms in total. The van der Waals surface area contributed by atoms with Crippen LogP contribution in [-0.2, 0) is 50.2 Å². The SMILES string of the molecule is CCc1c(/C=C2\N=C(C=NC)C(C)=C2CCCO[Si](CC)(CC)CC)[n-]c(/C=C2\N=C(C=Nc3ccc(OCCOCCOCC(=O)O)c(OCCOCCOCCOC)c3)C(C)=C2CCCO[Si](CC)(CC)CC)c1CC.[Gd]. The summed E-state index contributed by atoms with van der Waals surface area (Å²) in [4.78, 5) is 35.9. The molecule has 442 valence electrons. The summed E-state index contributed by atoms with van der Waals surface area (Å²) in [5, 5.41) is 8.81. The standard InChI is InChI=1S/C60H95N5O11Si2.Gd/c1-13-48-49(14-2)53(63-52(48)40-54-50(45(9)56(64-54)42-61-11)23-21-27-75-77(15-3,16-4)17-5)41-55-51(24-22-28-76-78(18-6,19-7)20-8)46(10)57(65-55)43-62-47-25-26-58(73-37-35-71-33-34-72-44-60(66)67)59(39-47)74-38-36-70-32-31-69-30-29-68-12;/h25-26,39-43H,13-24,27-38,44H2,1-12H3,(H2,61,62,63,64,65,66,67);/p-1. The maximum absolute atomic E-state index is 10.7. The number of benzene rings is 1. The minimum Gasteiger partial charge on any atom is -0.657 e. The predicted molar refractivity (Wildman–Crippen MR) is 322 cm³/mol. The van der Waals surface area contributed by atoms with E-state index in [4.69, 9.17) is 67.1 Å². The second kappa shape index (κ2) is 38.5. The number of carboxylic acids is 1. The Labute approximate surface area is 507 Å². The molecular weight excluding hydrogens is 1180 g/mol. The molecule has 1 N–H and O–H groups in total. The number of aromatic nitrogens is 1. The third kappa shape index (κ3) is 22.1. The van der Waals surface area contributed by atoms with Gasteiger partial charge in [0.2, 0.25) is 0 Å². The first-order valence-electron chi connectivity index (χ1n) is 28.7. The zero-order valence-electron chi connectivity index (χ0n) is 49.8. The summed E-state index contributed by atoms with van der Waals surface area (Å²) in [6.45, 7) is 26.9. The van der Waals surface area contributed by atoms with Crippen molar-refractivity contribution in [3.05, 3.63) is 74.4 Å². The molecule has 79 heavy (non-hydrogen) atoms. The largest absolute Gasteiger partial charge is 0.657 e. The molecule has 0 atom stereocenters. The summed E-state index contributed by atoms with van der Waals surface area (Å²) < 4.78 is 52.7. The number of hydrogen-bond donors (Lipinski definition) is 1. The van der Waals surface area contributed by atoms with E-state index in [9.17, 15) is 4.79 Å². The molecule has 4 rings (SSSR count). The van der Waals surface area contributed by atoms with Crippen molar-refractivity contribution in [3.63, 3.8) is 0 Å². The van der Waals surface area contributed by atoms with Gasteiger partial charge in [0.15, 0.2) is 28.1 Å². The normalized spacial score (nSPS) is 15.2. The number of rotatable bonds is 42. The van der Waals surface area contributed by atoms with Crippen molar-refractivity contribution >= 4 is 64.3 Å². The van der Waals surface area contributed by atoms with Gasteiger partial charge in [-0.2, -0.15) is 0 Å². The molecule has 0 bridgehead atoms. The van der Waals surface area contributed by atoms with E-state index in [0.29, 0.717) is 56.8 Å². The Morgan fingerprint density at radius 2 is 1.05 bits per heavy atom. The van der Waals surface area contributed by atoms with Crippen LogP contribution in [0.25, 0.3) is 12.2 Å². The van der Waals surface area contributed by atoms with Gasteiger partial charge in [-0.05, 0) is 123 Å². The second-order valence-corrected chi connectivity index (χ2v) is 29.0. The quantitative estimate of drug-likeness (QED) is 0.0377. The molecule has 3 heterocycles. The maximum atomic E-state index is 10.7. The van der Waals surface area contributed by atoms with E-state index >= 15 is 0 Å². The summed E-state index contributed by atoms with van der Waals surface area (Å²) in [7, 11) is -0.0115. The molecule has 0 radical (unpaired) electrons. The van der Waals surface area contributed by atoms with E-state index in [0.717, 1.165) is 127 Å². The van der Waals surface area contributed by atoms with Gasteiger partial charge in [-0.15, -0.1) is 11.4 Å². The first-order chi connectivity index (χ1) is 37.8. The van der Waals surface area contributed by atoms with Crippen molar-refractivity contribution in [3.8, 4) is 11.5 Å². The zero-order chi connectivity index (χ0) is 56.8. The summed E-state index contributed by atoms with van der Waals surface area (Å²) in [6.07, 6.45) is 13.2. The summed E-state index contributed by atoms with van der Waals surface area (Å²) in [6, 6.07) is 12.3. The first-order valence-corrected chi connectivity index (χ1v) is 33.8. The van der Waals surface area contributed by atoms with E-state index in [1.807, 2.05) is 30.6 Å². The molecular formula is C60H94GdN5O11Si2-. The van der Waals surface area contributed by atoms with Crippen LogP contribution in [0.4, 0.5) is 5.69 Å². The Morgan fingerprint density at radius 3 is 1.49 bits per heavy atom. The molecule has 0 amide bonds. The van der Waals surface area contributed by atoms with Crippen LogP contribution < -0.4 is 14.5 Å². The van der Waals surface area contributed by atoms with E-state index in [1.54, 1.807) is 14.2 Å². The van der Waals surface area contributed by atoms with Gasteiger partial charge in [0.05, 0.1) is 87.6 Å². The van der Waals surface area contributed by atoms with Crippen LogP contribution in [0, 0.1) is 39.9 Å². The average Bonchev–Trinajstić information content (AvgIpc) is 4.13. The number of ether oxygens (including phenoxy) is 7. The van der Waals surface area contributed by atoms with Crippen LogP contribution in [-0.4, -0.2) is 152 Å². The molecule has 1 aromatic carbocycles. The predicted octanol–water partition coefficient (Wildman–Crippen LogP) is 12.3. The van der Waals surface area contributed by atoms with Gasteiger partial charge in [0, 0.05) is 79.6 Å². The minimum absolute atomic E-state index is 0. The van der Waals surface area contributed by atoms with Crippen molar-refractivity contribution in [1.29, 1.82) is 0 Å². The Bertz CT molecular complexity index is 2420. The third-order valence-corrected chi connectivity index (χ3v) is 24.3. The molecule has 2 aromatic rings. The van der Waals surface area contributed by atoms with Crippen LogP contribution in [0.1, 0.15) is 117 Å². The van der Waals surface area contributed by atoms with Crippen molar-refractivity contribution in [2.75, 3.05) is 100 Å². The van der Waals surface area contributed by atoms with Crippen molar-refractivity contribution in [1.82, 2.24) is 4.98 Å². The fraction of sp³-hybridized carbons (Fsp3) is 0.617. The molecule has 0 spiro atoms. The molecule has 2 aliphatic heterocycles. The zero-order valence-corrected chi connectivity index (χ0v) is 54.1. The summed E-state index contributed by atoms with van der Waals surface area (Å²) >= 11 is 0. The van der Waals surface area contributed by atoms with Crippen LogP contribution in [0.15, 0.2) is 71.9 Å². The second-order valence-electron chi connectivity index (χ2n) is 19.4. The van der Waals surface area contributed by atoms with E-state index in [-0.39, 0.29) is 79.6 Å². The Hall–Kier alpha value is -3.31. The van der Waals surface area contributed by atoms with E-state index in [1.165, 1.54) is 22.3 Å². The first kappa shape index (κ1) is 70.0. The smallest absolute Gasteiger partial charge is 0.329 e. The number of allylic oxidation sites excluding steroid dienone is 4. The van der Waals surface area contributed by atoms with Gasteiger partial charge in [-0.25, -0.2) is 14.8 Å². The van der Waals surface area contributed by atoms with Crippen molar-refractivity contribution < 1.29 is 91.9 Å². The van der Waals surface area contributed by atoms with Gasteiger partial charge < -0.3 is 52.1 Å². The van der Waals surface area contributed by atoms with E-state index < -0.39 is 22.6 Å². The van der Waals surface area contributed by atoms with Gasteiger partial charge in [-0.3, -0.25) is 9.98 Å². The molecule has 0 saturated heterocycles. The summed E-state index contributed by atoms with van der Waals surface area (Å²) in [5.74, 6) is 0.000530. The number of nitrogens with zero attached hydrogens (tertiary/aromatic N) is 5. The number of carboxylic acid groups (broad SMARTS) is 1. The van der Waals surface area contributed by atoms with Gasteiger partial charge in [0.1, 0.15) is 19.8 Å². The van der Waals surface area contributed by atoms with Crippen molar-refractivity contribution in [2.45, 2.75) is 144 Å².